The van der Waals surface area contributed by atoms with Gasteiger partial charge in [0, 0.05) is 29.3 Å². The van der Waals surface area contributed by atoms with Gasteiger partial charge in [0.15, 0.2) is 0 Å². The lowest BCUT2D eigenvalue weighted by atomic mass is 10.0. The van der Waals surface area contributed by atoms with Crippen molar-refractivity contribution in [2.45, 2.75) is 51.9 Å². The van der Waals surface area contributed by atoms with E-state index in [-0.39, 0.29) is 23.6 Å². The number of nitrogens with one attached hydrogen (secondary N) is 2. The minimum atomic E-state index is -0.273. The molecule has 0 saturated heterocycles. The smallest absolute Gasteiger partial charge is 0.342 e. The van der Waals surface area contributed by atoms with Gasteiger partial charge in [0.25, 0.3) is 5.91 Å². The molecule has 7 nitrogen and oxygen atoms in total. The Balaban J connectivity index is 1.63. The number of rotatable bonds is 6. The minimum absolute atomic E-state index is 0.0406. The standard InChI is InChI=1S/C26H30N4O3/c1-3-17-9-11-19(12-10-17)25(32)28-20-13-14-24(31)21(15-20)22-16-23(18-7-5-6-8-18)30(29-22)26(33)27-4-2/h9-16,18,31H,3-8H2,1-2H3,(H,27,33)(H,28,32). The Hall–Kier alpha value is -3.61. The Labute approximate surface area is 193 Å². The van der Waals surface area contributed by atoms with Gasteiger partial charge >= 0.3 is 6.03 Å². The van der Waals surface area contributed by atoms with Crippen LogP contribution in [0.3, 0.4) is 0 Å². The first-order valence-corrected chi connectivity index (χ1v) is 11.6. The number of anilines is 1. The summed E-state index contributed by atoms with van der Waals surface area (Å²) in [4.78, 5) is 25.3. The molecule has 2 aromatic carbocycles. The van der Waals surface area contributed by atoms with Crippen molar-refractivity contribution >= 4 is 17.6 Å². The van der Waals surface area contributed by atoms with Crippen molar-refractivity contribution in [2.24, 2.45) is 0 Å². The van der Waals surface area contributed by atoms with E-state index in [1.54, 1.807) is 24.3 Å². The summed E-state index contributed by atoms with van der Waals surface area (Å²) < 4.78 is 1.43. The molecule has 3 aromatic rings. The maximum atomic E-state index is 12.7. The normalized spacial score (nSPS) is 13.8. The molecule has 0 bridgehead atoms. The highest BCUT2D eigenvalue weighted by Crippen LogP contribution is 2.38. The molecule has 0 spiro atoms. The summed E-state index contributed by atoms with van der Waals surface area (Å²) in [6.45, 7) is 4.44. The predicted octanol–water partition coefficient (Wildman–Crippen LogP) is 5.31. The highest BCUT2D eigenvalue weighted by Gasteiger charge is 2.26. The molecule has 1 heterocycles. The Bertz CT molecular complexity index is 1140. The molecular weight excluding hydrogens is 416 g/mol. The van der Waals surface area contributed by atoms with E-state index in [0.717, 1.165) is 37.8 Å². The number of nitrogens with zero attached hydrogens (tertiary/aromatic N) is 2. The summed E-state index contributed by atoms with van der Waals surface area (Å²) in [6.07, 6.45) is 5.21. The third-order valence-corrected chi connectivity index (χ3v) is 6.19. The van der Waals surface area contributed by atoms with Gasteiger partial charge in [-0.1, -0.05) is 31.9 Å². The number of aromatic nitrogens is 2. The summed E-state index contributed by atoms with van der Waals surface area (Å²) in [5.74, 6) is 0.0811. The Morgan fingerprint density at radius 1 is 1.06 bits per heavy atom. The van der Waals surface area contributed by atoms with Crippen LogP contribution in [-0.4, -0.2) is 33.4 Å². The molecule has 7 heteroatoms. The number of benzene rings is 2. The lowest BCUT2D eigenvalue weighted by molar-refractivity contribution is 0.102. The lowest BCUT2D eigenvalue weighted by Gasteiger charge is -2.11. The second-order valence-electron chi connectivity index (χ2n) is 8.42. The van der Waals surface area contributed by atoms with Crippen LogP contribution in [0.5, 0.6) is 5.75 Å². The topological polar surface area (TPSA) is 96.3 Å². The van der Waals surface area contributed by atoms with Crippen molar-refractivity contribution < 1.29 is 14.7 Å². The number of carbonyl (C=O) groups is 2. The van der Waals surface area contributed by atoms with Crippen LogP contribution >= 0.6 is 0 Å². The number of hydrogen-bond acceptors (Lipinski definition) is 4. The van der Waals surface area contributed by atoms with Gasteiger partial charge in [0.05, 0.1) is 11.4 Å². The number of amides is 2. The molecule has 0 aliphatic heterocycles. The number of carbonyl (C=O) groups excluding carboxylic acids is 2. The van der Waals surface area contributed by atoms with E-state index in [2.05, 4.69) is 22.7 Å². The average Bonchev–Trinajstić information content (AvgIpc) is 3.50. The largest absolute Gasteiger partial charge is 0.507 e. The molecule has 1 fully saturated rings. The van der Waals surface area contributed by atoms with Gasteiger partial charge in [-0.3, -0.25) is 4.79 Å². The molecule has 172 valence electrons. The van der Waals surface area contributed by atoms with Crippen LogP contribution in [0.25, 0.3) is 11.3 Å². The Morgan fingerprint density at radius 3 is 2.45 bits per heavy atom. The van der Waals surface area contributed by atoms with Crippen molar-refractivity contribution in [3.8, 4) is 17.0 Å². The summed E-state index contributed by atoms with van der Waals surface area (Å²) in [7, 11) is 0. The molecule has 0 atom stereocenters. The van der Waals surface area contributed by atoms with Gasteiger partial charge in [-0.05, 0) is 68.1 Å². The highest BCUT2D eigenvalue weighted by atomic mass is 16.3. The van der Waals surface area contributed by atoms with E-state index >= 15 is 0 Å². The molecule has 0 unspecified atom stereocenters. The molecule has 0 radical (unpaired) electrons. The van der Waals surface area contributed by atoms with Crippen LogP contribution in [0, 0.1) is 0 Å². The second kappa shape index (κ2) is 9.90. The molecule has 2 amide bonds. The monoisotopic (exact) mass is 446 g/mol. The quantitative estimate of drug-likeness (QED) is 0.447. The van der Waals surface area contributed by atoms with Gasteiger partial charge < -0.3 is 15.7 Å². The average molecular weight is 447 g/mol. The molecular formula is C26H30N4O3. The van der Waals surface area contributed by atoms with Crippen molar-refractivity contribution in [3.05, 3.63) is 65.4 Å². The molecule has 3 N–H and O–H groups in total. The van der Waals surface area contributed by atoms with E-state index in [1.807, 2.05) is 25.1 Å². The zero-order valence-electron chi connectivity index (χ0n) is 19.1. The fraction of sp³-hybridized carbons (Fsp3) is 0.346. The molecule has 33 heavy (non-hydrogen) atoms. The van der Waals surface area contributed by atoms with Crippen molar-refractivity contribution in [1.82, 2.24) is 15.1 Å². The van der Waals surface area contributed by atoms with E-state index < -0.39 is 0 Å². The van der Waals surface area contributed by atoms with Crippen LogP contribution in [0.1, 0.15) is 67.1 Å². The first-order valence-electron chi connectivity index (χ1n) is 11.6. The summed E-state index contributed by atoms with van der Waals surface area (Å²) in [5, 5.41) is 20.8. The summed E-state index contributed by atoms with van der Waals surface area (Å²) in [5.41, 5.74) is 4.10. The zero-order valence-corrected chi connectivity index (χ0v) is 19.1. The van der Waals surface area contributed by atoms with Gasteiger partial charge in [-0.2, -0.15) is 9.78 Å². The fourth-order valence-electron chi connectivity index (χ4n) is 4.34. The van der Waals surface area contributed by atoms with Crippen LogP contribution in [0.15, 0.2) is 48.5 Å². The molecule has 1 saturated carbocycles. The van der Waals surface area contributed by atoms with Crippen LogP contribution in [0.2, 0.25) is 0 Å². The Kier molecular flexibility index (Phi) is 6.77. The van der Waals surface area contributed by atoms with Gasteiger partial charge in [0.1, 0.15) is 5.75 Å². The van der Waals surface area contributed by atoms with Crippen molar-refractivity contribution in [2.75, 3.05) is 11.9 Å². The number of phenols is 1. The van der Waals surface area contributed by atoms with Crippen LogP contribution < -0.4 is 10.6 Å². The van der Waals surface area contributed by atoms with Crippen molar-refractivity contribution in [1.29, 1.82) is 0 Å². The van der Waals surface area contributed by atoms with Gasteiger partial charge in [-0.15, -0.1) is 0 Å². The van der Waals surface area contributed by atoms with E-state index in [0.29, 0.717) is 29.1 Å². The molecule has 1 aliphatic rings. The van der Waals surface area contributed by atoms with Gasteiger partial charge in [0.2, 0.25) is 0 Å². The fourth-order valence-corrected chi connectivity index (χ4v) is 4.34. The van der Waals surface area contributed by atoms with Gasteiger partial charge in [-0.25, -0.2) is 4.79 Å². The highest BCUT2D eigenvalue weighted by molar-refractivity contribution is 6.04. The SMILES string of the molecule is CCNC(=O)n1nc(-c2cc(NC(=O)c3ccc(CC)cc3)ccc2O)cc1C1CCCC1. The summed E-state index contributed by atoms with van der Waals surface area (Å²) >= 11 is 0. The molecule has 1 aliphatic carbocycles. The first kappa shape index (κ1) is 22.6. The summed E-state index contributed by atoms with van der Waals surface area (Å²) in [6, 6.07) is 14.0. The molecule has 4 rings (SSSR count). The maximum absolute atomic E-state index is 12.7. The predicted molar refractivity (Wildman–Crippen MR) is 129 cm³/mol. The number of aryl methyl sites for hydroxylation is 1. The van der Waals surface area contributed by atoms with Crippen LogP contribution in [0.4, 0.5) is 10.5 Å². The van der Waals surface area contributed by atoms with E-state index in [9.17, 15) is 14.7 Å². The maximum Gasteiger partial charge on any atom is 0.342 e. The van der Waals surface area contributed by atoms with E-state index in [1.165, 1.54) is 16.3 Å². The van der Waals surface area contributed by atoms with Crippen LogP contribution in [-0.2, 0) is 6.42 Å². The first-order chi connectivity index (χ1) is 16.0. The zero-order chi connectivity index (χ0) is 23.4. The lowest BCUT2D eigenvalue weighted by Crippen LogP contribution is -2.30. The third-order valence-electron chi connectivity index (χ3n) is 6.19. The van der Waals surface area contributed by atoms with E-state index in [4.69, 9.17) is 0 Å². The molecule has 1 aromatic heterocycles. The number of hydrogen-bond donors (Lipinski definition) is 3. The number of aromatic hydroxyl groups is 1. The number of phenolic OH excluding ortho intramolecular Hbond substituents is 1. The van der Waals surface area contributed by atoms with Crippen molar-refractivity contribution in [3.63, 3.8) is 0 Å². The second-order valence-corrected chi connectivity index (χ2v) is 8.42. The Morgan fingerprint density at radius 2 is 1.79 bits per heavy atom. The minimum Gasteiger partial charge on any atom is -0.507 e. The third kappa shape index (κ3) is 4.92.